The Morgan fingerprint density at radius 1 is 1.20 bits per heavy atom. The van der Waals surface area contributed by atoms with Gasteiger partial charge in [-0.1, -0.05) is 20.8 Å². The summed E-state index contributed by atoms with van der Waals surface area (Å²) >= 11 is 0. The first-order chi connectivity index (χ1) is 9.27. The van der Waals surface area contributed by atoms with E-state index in [4.69, 9.17) is 13.6 Å². The summed E-state index contributed by atoms with van der Waals surface area (Å²) in [5, 5.41) is 0.110. The second-order valence-corrected chi connectivity index (χ2v) is 12.0. The molecule has 0 radical (unpaired) electrons. The first-order valence-corrected chi connectivity index (χ1v) is 10.2. The maximum Gasteiger partial charge on any atom is 0.343 e. The molecule has 4 heteroatoms. The number of rotatable bonds is 6. The number of hydrogen-bond acceptors (Lipinski definition) is 3. The van der Waals surface area contributed by atoms with Crippen molar-refractivity contribution in [3.05, 3.63) is 0 Å². The highest BCUT2D eigenvalue weighted by Crippen LogP contribution is 2.45. The average Bonchev–Trinajstić information content (AvgIpc) is 3.10. The number of fused-ring (bicyclic) bond motifs is 1. The van der Waals surface area contributed by atoms with E-state index in [1.807, 2.05) is 7.11 Å². The van der Waals surface area contributed by atoms with Crippen LogP contribution in [0.25, 0.3) is 0 Å². The van der Waals surface area contributed by atoms with E-state index in [1.54, 1.807) is 0 Å². The number of epoxide rings is 1. The van der Waals surface area contributed by atoms with Crippen molar-refractivity contribution in [2.45, 2.75) is 89.7 Å². The lowest BCUT2D eigenvalue weighted by molar-refractivity contribution is 0.131. The fourth-order valence-corrected chi connectivity index (χ4v) is 7.27. The van der Waals surface area contributed by atoms with E-state index in [2.05, 4.69) is 34.6 Å². The van der Waals surface area contributed by atoms with Gasteiger partial charge in [0, 0.05) is 18.3 Å². The Morgan fingerprint density at radius 2 is 1.90 bits per heavy atom. The molecule has 2 aliphatic rings. The third-order valence-corrected chi connectivity index (χ3v) is 9.64. The molecule has 2 rings (SSSR count). The summed E-state index contributed by atoms with van der Waals surface area (Å²) < 4.78 is 18.0. The summed E-state index contributed by atoms with van der Waals surface area (Å²) in [7, 11) is -0.319. The first kappa shape index (κ1) is 16.5. The van der Waals surface area contributed by atoms with Gasteiger partial charge >= 0.3 is 8.56 Å². The molecule has 3 nitrogen and oxygen atoms in total. The van der Waals surface area contributed by atoms with Crippen LogP contribution in [0, 0.1) is 5.92 Å². The minimum Gasteiger partial charge on any atom is -0.397 e. The summed E-state index contributed by atoms with van der Waals surface area (Å²) in [5.41, 5.74) is 0. The third-order valence-electron chi connectivity index (χ3n) is 4.89. The van der Waals surface area contributed by atoms with E-state index in [0.29, 0.717) is 12.2 Å². The molecular weight excluding hydrogens is 268 g/mol. The molecule has 0 N–H and O–H groups in total. The van der Waals surface area contributed by atoms with E-state index >= 15 is 0 Å². The van der Waals surface area contributed by atoms with Crippen LogP contribution in [-0.2, 0) is 13.6 Å². The number of ether oxygens (including phenoxy) is 1. The molecule has 1 aliphatic heterocycles. The molecule has 2 fully saturated rings. The van der Waals surface area contributed by atoms with Gasteiger partial charge in [0.1, 0.15) is 0 Å². The van der Waals surface area contributed by atoms with Crippen molar-refractivity contribution in [2.75, 3.05) is 7.11 Å². The predicted molar refractivity (Wildman–Crippen MR) is 84.1 cm³/mol. The maximum absolute atomic E-state index is 6.37. The zero-order valence-corrected chi connectivity index (χ0v) is 15.1. The second-order valence-electron chi connectivity index (χ2n) is 7.80. The van der Waals surface area contributed by atoms with Crippen LogP contribution in [0.3, 0.4) is 0 Å². The Balaban J connectivity index is 1.95. The molecule has 0 aromatic heterocycles. The van der Waals surface area contributed by atoms with Crippen molar-refractivity contribution in [3.63, 3.8) is 0 Å². The van der Waals surface area contributed by atoms with Gasteiger partial charge in [-0.3, -0.25) is 0 Å². The molecule has 1 saturated heterocycles. The molecule has 1 heterocycles. The lowest BCUT2D eigenvalue weighted by Gasteiger charge is -2.42. The zero-order valence-electron chi connectivity index (χ0n) is 14.1. The number of hydrogen-bond donors (Lipinski definition) is 0. The summed E-state index contributed by atoms with van der Waals surface area (Å²) in [6.07, 6.45) is 6.49. The molecule has 0 aromatic carbocycles. The Bertz CT molecular complexity index is 326. The van der Waals surface area contributed by atoms with E-state index in [1.165, 1.54) is 25.7 Å². The molecule has 0 amide bonds. The van der Waals surface area contributed by atoms with Gasteiger partial charge in [0.05, 0.1) is 12.2 Å². The van der Waals surface area contributed by atoms with Gasteiger partial charge in [-0.25, -0.2) is 0 Å². The summed E-state index contributed by atoms with van der Waals surface area (Å²) in [5.74, 6) is 0.805. The predicted octanol–water partition coefficient (Wildman–Crippen LogP) is 4.26. The van der Waals surface area contributed by atoms with Gasteiger partial charge in [0.25, 0.3) is 0 Å². The highest BCUT2D eigenvalue weighted by molar-refractivity contribution is 6.70. The molecular formula is C16H32O3Si. The molecule has 118 valence electrons. The molecule has 0 aromatic rings. The fraction of sp³-hybridized carbons (Fsp3) is 1.00. The quantitative estimate of drug-likeness (QED) is 0.542. The summed E-state index contributed by atoms with van der Waals surface area (Å²) in [6, 6.07) is 1.10. The van der Waals surface area contributed by atoms with Crippen LogP contribution >= 0.6 is 0 Å². The second kappa shape index (κ2) is 6.07. The van der Waals surface area contributed by atoms with Gasteiger partial charge in [0.15, 0.2) is 0 Å². The molecule has 1 saturated carbocycles. The van der Waals surface area contributed by atoms with Gasteiger partial charge in [-0.05, 0) is 51.5 Å². The molecule has 1 aliphatic carbocycles. The van der Waals surface area contributed by atoms with Crippen LogP contribution in [0.4, 0.5) is 0 Å². The Hall–Kier alpha value is 0.0969. The first-order valence-electron chi connectivity index (χ1n) is 8.16. The summed E-state index contributed by atoms with van der Waals surface area (Å²) in [4.78, 5) is 0. The molecule has 0 bridgehead atoms. The van der Waals surface area contributed by atoms with Crippen LogP contribution in [0.1, 0.15) is 60.3 Å². The Morgan fingerprint density at radius 3 is 2.40 bits per heavy atom. The molecule has 20 heavy (non-hydrogen) atoms. The highest BCUT2D eigenvalue weighted by Gasteiger charge is 2.50. The standard InChI is InChI=1S/C16H32O3Si/c1-12(2)19-20(17-6,16(3,4)5)10-9-13-7-8-14-15(11-13)18-14/h12-15H,7-11H2,1-6H3. The van der Waals surface area contributed by atoms with Crippen LogP contribution in [0.2, 0.25) is 11.1 Å². The largest absolute Gasteiger partial charge is 0.397 e. The van der Waals surface area contributed by atoms with Crippen LogP contribution in [-0.4, -0.2) is 34.0 Å². The minimum absolute atomic E-state index is 0.110. The van der Waals surface area contributed by atoms with Crippen LogP contribution in [0.5, 0.6) is 0 Å². The lowest BCUT2D eigenvalue weighted by atomic mass is 9.87. The van der Waals surface area contributed by atoms with Gasteiger partial charge in [-0.2, -0.15) is 0 Å². The maximum atomic E-state index is 6.37. The topological polar surface area (TPSA) is 31.0 Å². The summed E-state index contributed by atoms with van der Waals surface area (Å²) in [6.45, 7) is 11.1. The van der Waals surface area contributed by atoms with Crippen molar-refractivity contribution in [3.8, 4) is 0 Å². The van der Waals surface area contributed by atoms with Gasteiger partial charge < -0.3 is 13.6 Å². The van der Waals surface area contributed by atoms with Crippen LogP contribution < -0.4 is 0 Å². The van der Waals surface area contributed by atoms with Crippen LogP contribution in [0.15, 0.2) is 0 Å². The van der Waals surface area contributed by atoms with Crippen molar-refractivity contribution in [1.29, 1.82) is 0 Å². The average molecular weight is 301 g/mol. The third kappa shape index (κ3) is 3.64. The van der Waals surface area contributed by atoms with E-state index in [-0.39, 0.29) is 11.1 Å². The fourth-order valence-electron chi connectivity index (χ4n) is 3.59. The van der Waals surface area contributed by atoms with Gasteiger partial charge in [0.2, 0.25) is 0 Å². The monoisotopic (exact) mass is 300 g/mol. The zero-order chi connectivity index (χ0) is 15.0. The SMILES string of the molecule is CO[Si](CCC1CCC2OC2C1)(OC(C)C)C(C)(C)C. The van der Waals surface area contributed by atoms with Crippen molar-refractivity contribution in [2.24, 2.45) is 5.92 Å². The minimum atomic E-state index is -2.17. The molecule has 4 unspecified atom stereocenters. The highest BCUT2D eigenvalue weighted by atomic mass is 28.4. The Kier molecular flexibility index (Phi) is 5.00. The molecule has 4 atom stereocenters. The van der Waals surface area contributed by atoms with Crippen molar-refractivity contribution < 1.29 is 13.6 Å². The normalized spacial score (nSPS) is 32.9. The van der Waals surface area contributed by atoms with E-state index in [9.17, 15) is 0 Å². The van der Waals surface area contributed by atoms with Crippen molar-refractivity contribution >= 4 is 8.56 Å². The van der Waals surface area contributed by atoms with Crippen molar-refractivity contribution in [1.82, 2.24) is 0 Å². The lowest BCUT2D eigenvalue weighted by Crippen LogP contribution is -2.51. The smallest absolute Gasteiger partial charge is 0.343 e. The molecule has 0 spiro atoms. The Labute approximate surface area is 125 Å². The van der Waals surface area contributed by atoms with E-state index < -0.39 is 8.56 Å². The van der Waals surface area contributed by atoms with Gasteiger partial charge in [-0.15, -0.1) is 0 Å². The van der Waals surface area contributed by atoms with E-state index in [0.717, 1.165) is 12.0 Å².